The summed E-state index contributed by atoms with van der Waals surface area (Å²) in [5.41, 5.74) is 5.88. The lowest BCUT2D eigenvalue weighted by molar-refractivity contribution is 0.884. The molecule has 5 heteroatoms. The summed E-state index contributed by atoms with van der Waals surface area (Å²) in [4.78, 5) is 4.08. The largest absolute Gasteiger partial charge is 0.270 e. The maximum atomic E-state index is 4.51. The molecule has 0 radical (unpaired) electrons. The first-order valence-electron chi connectivity index (χ1n) is 8.82. The van der Waals surface area contributed by atoms with Crippen LogP contribution in [0.1, 0.15) is 16.7 Å². The first-order valence-corrected chi connectivity index (χ1v) is 9.81. The number of aryl methyl sites for hydroxylation is 2. The number of hydrogen-bond acceptors (Lipinski definition) is 4. The maximum Gasteiger partial charge on any atom is 0.196 e. The molecule has 0 aliphatic carbocycles. The summed E-state index contributed by atoms with van der Waals surface area (Å²) in [5, 5.41) is 9.89. The monoisotopic (exact) mass is 372 g/mol. The Balaban J connectivity index is 1.77. The molecule has 0 aliphatic heterocycles. The molecule has 0 atom stereocenters. The van der Waals surface area contributed by atoms with E-state index in [-0.39, 0.29) is 0 Å². The van der Waals surface area contributed by atoms with Gasteiger partial charge in [-0.2, -0.15) is 0 Å². The van der Waals surface area contributed by atoms with Crippen molar-refractivity contribution >= 4 is 11.8 Å². The third kappa shape index (κ3) is 3.78. The summed E-state index contributed by atoms with van der Waals surface area (Å²) in [6.45, 7) is 4.26. The Hall–Kier alpha value is -2.92. The van der Waals surface area contributed by atoms with Crippen LogP contribution in [0.25, 0.3) is 17.1 Å². The number of benzene rings is 2. The van der Waals surface area contributed by atoms with Crippen LogP contribution in [-0.4, -0.2) is 19.7 Å². The van der Waals surface area contributed by atoms with E-state index in [9.17, 15) is 0 Å². The Kier molecular flexibility index (Phi) is 5.03. The van der Waals surface area contributed by atoms with Crippen LogP contribution in [0.3, 0.4) is 0 Å². The third-order valence-electron chi connectivity index (χ3n) is 4.53. The number of pyridine rings is 1. The first kappa shape index (κ1) is 17.5. The number of nitrogens with zero attached hydrogens (tertiary/aromatic N) is 4. The lowest BCUT2D eigenvalue weighted by Gasteiger charge is -2.12. The molecule has 0 saturated heterocycles. The van der Waals surface area contributed by atoms with Crippen molar-refractivity contribution in [2.24, 2.45) is 0 Å². The molecule has 0 saturated carbocycles. The second kappa shape index (κ2) is 7.76. The summed E-state index contributed by atoms with van der Waals surface area (Å²) in [6.07, 6.45) is 3.64. The lowest BCUT2D eigenvalue weighted by atomic mass is 10.1. The average molecular weight is 372 g/mol. The normalized spacial score (nSPS) is 10.9. The molecule has 0 N–H and O–H groups in total. The standard InChI is InChI=1S/C22H20N4S/c1-16-8-9-20(14-17(16)2)26-21(19-6-4-3-5-7-19)24-25-22(26)27-15-18-10-12-23-13-11-18/h3-14H,15H2,1-2H3. The van der Waals surface area contributed by atoms with E-state index >= 15 is 0 Å². The van der Waals surface area contributed by atoms with Crippen molar-refractivity contribution < 1.29 is 0 Å². The molecule has 4 nitrogen and oxygen atoms in total. The fourth-order valence-corrected chi connectivity index (χ4v) is 3.77. The number of hydrogen-bond donors (Lipinski definition) is 0. The van der Waals surface area contributed by atoms with Gasteiger partial charge in [0.05, 0.1) is 5.69 Å². The summed E-state index contributed by atoms with van der Waals surface area (Å²) in [5.74, 6) is 1.68. The van der Waals surface area contributed by atoms with Gasteiger partial charge in [0.2, 0.25) is 0 Å². The minimum Gasteiger partial charge on any atom is -0.270 e. The van der Waals surface area contributed by atoms with E-state index in [1.54, 1.807) is 11.8 Å². The molecule has 2 aromatic heterocycles. The van der Waals surface area contributed by atoms with Gasteiger partial charge in [0.15, 0.2) is 11.0 Å². The highest BCUT2D eigenvalue weighted by molar-refractivity contribution is 7.98. The molecule has 4 rings (SSSR count). The molecule has 2 heterocycles. The van der Waals surface area contributed by atoms with Crippen molar-refractivity contribution in [1.29, 1.82) is 0 Å². The second-order valence-corrected chi connectivity index (χ2v) is 7.36. The molecule has 0 bridgehead atoms. The summed E-state index contributed by atoms with van der Waals surface area (Å²) in [7, 11) is 0. The van der Waals surface area contributed by atoms with E-state index in [2.05, 4.69) is 63.9 Å². The van der Waals surface area contributed by atoms with Crippen LogP contribution < -0.4 is 0 Å². The van der Waals surface area contributed by atoms with Crippen LogP contribution in [0, 0.1) is 13.8 Å². The van der Waals surface area contributed by atoms with Crippen LogP contribution in [-0.2, 0) is 5.75 Å². The average Bonchev–Trinajstić information content (AvgIpc) is 3.14. The lowest BCUT2D eigenvalue weighted by Crippen LogP contribution is -2.01. The topological polar surface area (TPSA) is 43.6 Å². The predicted molar refractivity (Wildman–Crippen MR) is 110 cm³/mol. The van der Waals surface area contributed by atoms with Gasteiger partial charge in [0.1, 0.15) is 0 Å². The highest BCUT2D eigenvalue weighted by Crippen LogP contribution is 2.30. The summed E-state index contributed by atoms with van der Waals surface area (Å²) < 4.78 is 2.15. The quantitative estimate of drug-likeness (QED) is 0.450. The third-order valence-corrected chi connectivity index (χ3v) is 5.53. The predicted octanol–water partition coefficient (Wildman–Crippen LogP) is 5.24. The molecular formula is C22H20N4S. The van der Waals surface area contributed by atoms with Crippen molar-refractivity contribution in [3.63, 3.8) is 0 Å². The smallest absolute Gasteiger partial charge is 0.196 e. The molecule has 134 valence electrons. The van der Waals surface area contributed by atoms with Gasteiger partial charge in [-0.1, -0.05) is 48.2 Å². The Bertz CT molecular complexity index is 1040. The zero-order chi connectivity index (χ0) is 18.6. The van der Waals surface area contributed by atoms with Crippen molar-refractivity contribution in [2.75, 3.05) is 0 Å². The van der Waals surface area contributed by atoms with E-state index in [0.717, 1.165) is 28.0 Å². The Morgan fingerprint density at radius 3 is 2.37 bits per heavy atom. The second-order valence-electron chi connectivity index (χ2n) is 6.42. The van der Waals surface area contributed by atoms with Crippen LogP contribution in [0.2, 0.25) is 0 Å². The minimum atomic E-state index is 0.820. The van der Waals surface area contributed by atoms with Gasteiger partial charge in [-0.3, -0.25) is 9.55 Å². The Morgan fingerprint density at radius 2 is 1.63 bits per heavy atom. The molecule has 0 spiro atoms. The van der Waals surface area contributed by atoms with Crippen LogP contribution >= 0.6 is 11.8 Å². The van der Waals surface area contributed by atoms with E-state index in [0.29, 0.717) is 0 Å². The molecule has 27 heavy (non-hydrogen) atoms. The van der Waals surface area contributed by atoms with Crippen molar-refractivity contribution in [2.45, 2.75) is 24.8 Å². The fraction of sp³-hybridized carbons (Fsp3) is 0.136. The van der Waals surface area contributed by atoms with E-state index in [1.165, 1.54) is 16.7 Å². The molecule has 0 unspecified atom stereocenters. The molecule has 0 aliphatic rings. The van der Waals surface area contributed by atoms with Crippen LogP contribution in [0.4, 0.5) is 0 Å². The van der Waals surface area contributed by atoms with Gasteiger partial charge in [0.25, 0.3) is 0 Å². The van der Waals surface area contributed by atoms with Gasteiger partial charge < -0.3 is 0 Å². The van der Waals surface area contributed by atoms with Gasteiger partial charge in [0, 0.05) is 23.7 Å². The van der Waals surface area contributed by atoms with Crippen molar-refractivity contribution in [3.8, 4) is 17.1 Å². The zero-order valence-corrected chi connectivity index (χ0v) is 16.1. The van der Waals surface area contributed by atoms with Gasteiger partial charge in [-0.15, -0.1) is 10.2 Å². The Labute approximate surface area is 163 Å². The molecule has 2 aromatic carbocycles. The zero-order valence-electron chi connectivity index (χ0n) is 15.3. The molecule has 0 fully saturated rings. The minimum absolute atomic E-state index is 0.820. The Morgan fingerprint density at radius 1 is 0.852 bits per heavy atom. The van der Waals surface area contributed by atoms with Gasteiger partial charge in [-0.05, 0) is 54.8 Å². The highest BCUT2D eigenvalue weighted by atomic mass is 32.2. The van der Waals surface area contributed by atoms with E-state index < -0.39 is 0 Å². The molecule has 4 aromatic rings. The van der Waals surface area contributed by atoms with E-state index in [1.807, 2.05) is 42.7 Å². The SMILES string of the molecule is Cc1ccc(-n2c(SCc3ccncc3)nnc2-c2ccccc2)cc1C. The number of rotatable bonds is 5. The van der Waals surface area contributed by atoms with Crippen LogP contribution in [0.15, 0.2) is 78.2 Å². The number of thioether (sulfide) groups is 1. The maximum absolute atomic E-state index is 4.51. The van der Waals surface area contributed by atoms with Crippen molar-refractivity contribution in [3.05, 3.63) is 89.7 Å². The fourth-order valence-electron chi connectivity index (χ4n) is 2.86. The van der Waals surface area contributed by atoms with Crippen molar-refractivity contribution in [1.82, 2.24) is 19.7 Å². The molecule has 0 amide bonds. The summed E-state index contributed by atoms with van der Waals surface area (Å²) >= 11 is 1.68. The van der Waals surface area contributed by atoms with E-state index in [4.69, 9.17) is 0 Å². The highest BCUT2D eigenvalue weighted by Gasteiger charge is 2.16. The van der Waals surface area contributed by atoms with Gasteiger partial charge >= 0.3 is 0 Å². The van der Waals surface area contributed by atoms with Crippen LogP contribution in [0.5, 0.6) is 0 Å². The summed E-state index contributed by atoms with van der Waals surface area (Å²) in [6, 6.07) is 20.7. The molecular weight excluding hydrogens is 352 g/mol. The first-order chi connectivity index (χ1) is 13.2. The number of aromatic nitrogens is 4. The van der Waals surface area contributed by atoms with Gasteiger partial charge in [-0.25, -0.2) is 0 Å².